The Bertz CT molecular complexity index is 1540. The standard InChI is InChI=1S/C31H37N5O3/c1-6-12-35(13-7-2)30(38)25-16-23-9-8-22(17-27(23)33-28(32)18-25)21-10-11-26-24(15-21)14-20(3)36(31(26)39)19-29(37)34(4)5/h8-11,14-17H,6-7,12-13,18-19H2,1-5H3,(H2,32,33). The van der Waals surface area contributed by atoms with Crippen LogP contribution < -0.4 is 11.3 Å². The van der Waals surface area contributed by atoms with E-state index in [1.165, 1.54) is 9.47 Å². The molecule has 0 saturated carbocycles. The fourth-order valence-electron chi connectivity index (χ4n) is 4.90. The number of aromatic nitrogens is 1. The summed E-state index contributed by atoms with van der Waals surface area (Å²) in [4.78, 5) is 46.7. The van der Waals surface area contributed by atoms with Crippen molar-refractivity contribution in [3.8, 4) is 11.1 Å². The average Bonchev–Trinajstić information content (AvgIpc) is 3.07. The van der Waals surface area contributed by atoms with Crippen LogP contribution in [0.3, 0.4) is 0 Å². The van der Waals surface area contributed by atoms with Crippen LogP contribution in [-0.2, 0) is 16.1 Å². The molecule has 1 aromatic heterocycles. The molecule has 1 aliphatic rings. The second kappa shape index (κ2) is 11.7. The quantitative estimate of drug-likeness (QED) is 0.466. The Morgan fingerprint density at radius 1 is 1.00 bits per heavy atom. The topological polar surface area (TPSA) is 101 Å². The van der Waals surface area contributed by atoms with Gasteiger partial charge < -0.3 is 20.1 Å². The number of rotatable bonds is 8. The maximum atomic E-state index is 13.3. The van der Waals surface area contributed by atoms with Crippen LogP contribution in [-0.4, -0.2) is 59.2 Å². The summed E-state index contributed by atoms with van der Waals surface area (Å²) in [6.45, 7) is 7.41. The number of aliphatic imine (C=N–C) groups is 1. The van der Waals surface area contributed by atoms with E-state index in [1.54, 1.807) is 20.2 Å². The molecule has 0 unspecified atom stereocenters. The van der Waals surface area contributed by atoms with Crippen LogP contribution in [0.5, 0.6) is 0 Å². The van der Waals surface area contributed by atoms with Gasteiger partial charge in [-0.1, -0.05) is 32.0 Å². The Hall–Kier alpha value is -4.20. The van der Waals surface area contributed by atoms with E-state index in [4.69, 9.17) is 5.73 Å². The number of hydrogen-bond acceptors (Lipinski definition) is 5. The van der Waals surface area contributed by atoms with E-state index in [-0.39, 0.29) is 23.9 Å². The van der Waals surface area contributed by atoms with Crippen LogP contribution >= 0.6 is 0 Å². The number of amidine groups is 1. The number of nitrogens with zero attached hydrogens (tertiary/aromatic N) is 4. The third kappa shape index (κ3) is 5.95. The molecule has 0 atom stereocenters. The predicted molar refractivity (Wildman–Crippen MR) is 158 cm³/mol. The fourth-order valence-corrected chi connectivity index (χ4v) is 4.90. The van der Waals surface area contributed by atoms with Gasteiger partial charge in [-0.3, -0.25) is 14.4 Å². The fraction of sp³-hybridized carbons (Fsp3) is 0.355. The molecule has 8 nitrogen and oxygen atoms in total. The molecule has 2 heterocycles. The van der Waals surface area contributed by atoms with Gasteiger partial charge >= 0.3 is 0 Å². The summed E-state index contributed by atoms with van der Waals surface area (Å²) < 4.78 is 1.51. The van der Waals surface area contributed by atoms with Gasteiger partial charge in [0.2, 0.25) is 11.8 Å². The van der Waals surface area contributed by atoms with Crippen molar-refractivity contribution < 1.29 is 9.59 Å². The third-order valence-corrected chi connectivity index (χ3v) is 6.99. The number of carbonyl (C=O) groups excluding carboxylic acids is 2. The molecule has 0 saturated heterocycles. The van der Waals surface area contributed by atoms with Crippen molar-refractivity contribution in [1.82, 2.24) is 14.4 Å². The Labute approximate surface area is 229 Å². The minimum Gasteiger partial charge on any atom is -0.387 e. The smallest absolute Gasteiger partial charge is 0.259 e. The molecule has 0 radical (unpaired) electrons. The van der Waals surface area contributed by atoms with Gasteiger partial charge in [0.15, 0.2) is 0 Å². The summed E-state index contributed by atoms with van der Waals surface area (Å²) >= 11 is 0. The summed E-state index contributed by atoms with van der Waals surface area (Å²) in [5.41, 5.74) is 10.9. The van der Waals surface area contributed by atoms with E-state index in [2.05, 4.69) is 18.8 Å². The van der Waals surface area contributed by atoms with Gasteiger partial charge in [-0.05, 0) is 66.6 Å². The number of nitrogens with two attached hydrogens (primary N) is 1. The van der Waals surface area contributed by atoms with Gasteiger partial charge in [0.05, 0.1) is 5.69 Å². The van der Waals surface area contributed by atoms with E-state index >= 15 is 0 Å². The number of carbonyl (C=O) groups is 2. The molecule has 0 bridgehead atoms. The van der Waals surface area contributed by atoms with E-state index in [0.717, 1.165) is 40.6 Å². The molecule has 204 valence electrons. The first kappa shape index (κ1) is 27.8. The summed E-state index contributed by atoms with van der Waals surface area (Å²) in [5, 5.41) is 1.36. The predicted octanol–water partition coefficient (Wildman–Crippen LogP) is 4.49. The number of pyridine rings is 1. The van der Waals surface area contributed by atoms with Crippen molar-refractivity contribution in [1.29, 1.82) is 0 Å². The highest BCUT2D eigenvalue weighted by Gasteiger charge is 2.21. The molecule has 2 aromatic carbocycles. The van der Waals surface area contributed by atoms with Gasteiger partial charge in [0, 0.05) is 55.8 Å². The van der Waals surface area contributed by atoms with Crippen molar-refractivity contribution in [3.63, 3.8) is 0 Å². The second-order valence-electron chi connectivity index (χ2n) is 10.3. The zero-order valence-corrected chi connectivity index (χ0v) is 23.5. The molecule has 0 fully saturated rings. The Balaban J connectivity index is 1.70. The van der Waals surface area contributed by atoms with Crippen LogP contribution in [0.25, 0.3) is 28.0 Å². The highest BCUT2D eigenvalue weighted by atomic mass is 16.2. The lowest BCUT2D eigenvalue weighted by molar-refractivity contribution is -0.129. The molecule has 8 heteroatoms. The van der Waals surface area contributed by atoms with Gasteiger partial charge in [0.1, 0.15) is 12.4 Å². The monoisotopic (exact) mass is 527 g/mol. The van der Waals surface area contributed by atoms with Crippen molar-refractivity contribution in [3.05, 3.63) is 69.6 Å². The zero-order chi connectivity index (χ0) is 28.3. The number of likely N-dealkylation sites (N-methyl/N-ethyl adjacent to an activating group) is 1. The van der Waals surface area contributed by atoms with Crippen LogP contribution in [0.15, 0.2) is 57.8 Å². The summed E-state index contributed by atoms with van der Waals surface area (Å²) in [7, 11) is 3.35. The van der Waals surface area contributed by atoms with E-state index < -0.39 is 0 Å². The molecular formula is C31H37N5O3. The minimum absolute atomic E-state index is 0.00621. The molecule has 2 N–H and O–H groups in total. The normalized spacial score (nSPS) is 12.8. The minimum atomic E-state index is -0.187. The highest BCUT2D eigenvalue weighted by molar-refractivity contribution is 6.05. The van der Waals surface area contributed by atoms with Crippen molar-refractivity contribution in [2.24, 2.45) is 10.7 Å². The maximum Gasteiger partial charge on any atom is 0.259 e. The lowest BCUT2D eigenvalue weighted by Gasteiger charge is -2.22. The largest absolute Gasteiger partial charge is 0.387 e. The highest BCUT2D eigenvalue weighted by Crippen LogP contribution is 2.33. The van der Waals surface area contributed by atoms with Gasteiger partial charge in [0.25, 0.3) is 5.56 Å². The van der Waals surface area contributed by atoms with Crippen molar-refractivity contribution in [2.45, 2.75) is 46.6 Å². The molecule has 3 aromatic rings. The Morgan fingerprint density at radius 2 is 1.67 bits per heavy atom. The molecule has 0 spiro atoms. The Morgan fingerprint density at radius 3 is 2.33 bits per heavy atom. The van der Waals surface area contributed by atoms with Gasteiger partial charge in [-0.15, -0.1) is 0 Å². The number of benzene rings is 2. The van der Waals surface area contributed by atoms with Crippen molar-refractivity contribution in [2.75, 3.05) is 27.2 Å². The first-order chi connectivity index (χ1) is 18.6. The lowest BCUT2D eigenvalue weighted by Crippen LogP contribution is -2.34. The van der Waals surface area contributed by atoms with Crippen molar-refractivity contribution >= 4 is 40.2 Å². The number of hydrogen-bond donors (Lipinski definition) is 1. The zero-order valence-electron chi connectivity index (χ0n) is 23.5. The van der Waals surface area contributed by atoms with E-state index in [9.17, 15) is 14.4 Å². The Kier molecular flexibility index (Phi) is 8.33. The second-order valence-corrected chi connectivity index (χ2v) is 10.3. The summed E-state index contributed by atoms with van der Waals surface area (Å²) in [6.07, 6.45) is 4.01. The van der Waals surface area contributed by atoms with E-state index in [0.29, 0.717) is 42.0 Å². The molecule has 1 aliphatic heterocycles. The SMILES string of the molecule is CCCN(CCC)C(=O)C1=Cc2ccc(-c3ccc4c(=O)n(CC(=O)N(C)C)c(C)cc4c3)cc2N=C(N)C1. The third-order valence-electron chi connectivity index (χ3n) is 6.99. The summed E-state index contributed by atoms with van der Waals surface area (Å²) in [6, 6.07) is 13.5. The lowest BCUT2D eigenvalue weighted by atomic mass is 9.98. The maximum absolute atomic E-state index is 13.3. The number of fused-ring (bicyclic) bond motifs is 2. The number of amides is 2. The molecule has 39 heavy (non-hydrogen) atoms. The molecule has 2 amide bonds. The van der Waals surface area contributed by atoms with Crippen LogP contribution in [0, 0.1) is 6.92 Å². The average molecular weight is 528 g/mol. The van der Waals surface area contributed by atoms with E-state index in [1.807, 2.05) is 54.3 Å². The first-order valence-electron chi connectivity index (χ1n) is 13.4. The molecular weight excluding hydrogens is 490 g/mol. The molecule has 4 rings (SSSR count). The van der Waals surface area contributed by atoms with Gasteiger partial charge in [-0.2, -0.15) is 0 Å². The van der Waals surface area contributed by atoms with Crippen LogP contribution in [0.4, 0.5) is 5.69 Å². The van der Waals surface area contributed by atoms with Gasteiger partial charge in [-0.25, -0.2) is 4.99 Å². The summed E-state index contributed by atoms with van der Waals surface area (Å²) in [5.74, 6) is 0.278. The first-order valence-corrected chi connectivity index (χ1v) is 13.4. The number of aryl methyl sites for hydroxylation is 1. The van der Waals surface area contributed by atoms with Crippen LogP contribution in [0.1, 0.15) is 44.4 Å². The molecule has 0 aliphatic carbocycles. The van der Waals surface area contributed by atoms with Crippen LogP contribution in [0.2, 0.25) is 0 Å².